The molecular weight excluding hydrogens is 224 g/mol. The van der Waals surface area contributed by atoms with Crippen molar-refractivity contribution in [3.05, 3.63) is 29.8 Å². The molecule has 0 amide bonds. The Balaban J connectivity index is 1.80. The summed E-state index contributed by atoms with van der Waals surface area (Å²) in [6, 6.07) is 7.28. The van der Waals surface area contributed by atoms with Crippen molar-refractivity contribution in [3.8, 4) is 5.75 Å². The van der Waals surface area contributed by atoms with Gasteiger partial charge in [-0.3, -0.25) is 0 Å². The molecule has 4 heteroatoms. The van der Waals surface area contributed by atoms with Crippen molar-refractivity contribution in [2.75, 3.05) is 6.61 Å². The Hall–Kier alpha value is -1.16. The van der Waals surface area contributed by atoms with E-state index in [0.717, 1.165) is 25.7 Å². The standard InChI is InChI=1S/C13H17F2NO/c14-12(15)9-17-11-3-1-10(2-4-11)5-6-13(16)7-8-13/h1-4,12H,5-9,16H2. The fraction of sp³-hybridized carbons (Fsp3) is 0.538. The minimum Gasteiger partial charge on any atom is -0.488 e. The van der Waals surface area contributed by atoms with Gasteiger partial charge in [0, 0.05) is 5.54 Å². The van der Waals surface area contributed by atoms with Gasteiger partial charge in [-0.05, 0) is 43.4 Å². The monoisotopic (exact) mass is 241 g/mol. The average Bonchev–Trinajstić information content (AvgIpc) is 3.04. The summed E-state index contributed by atoms with van der Waals surface area (Å²) < 4.78 is 28.7. The molecule has 0 aromatic heterocycles. The van der Waals surface area contributed by atoms with Crippen molar-refractivity contribution in [2.45, 2.75) is 37.6 Å². The molecule has 1 fully saturated rings. The molecule has 1 saturated carbocycles. The molecule has 1 aromatic rings. The first-order valence-electron chi connectivity index (χ1n) is 5.86. The summed E-state index contributed by atoms with van der Waals surface area (Å²) in [5, 5.41) is 0. The number of rotatable bonds is 6. The van der Waals surface area contributed by atoms with Crippen LogP contribution in [0.1, 0.15) is 24.8 Å². The lowest BCUT2D eigenvalue weighted by atomic mass is 10.0. The Kier molecular flexibility index (Phi) is 3.62. The third-order valence-corrected chi connectivity index (χ3v) is 3.10. The molecule has 17 heavy (non-hydrogen) atoms. The molecule has 1 aromatic carbocycles. The zero-order chi connectivity index (χ0) is 12.3. The van der Waals surface area contributed by atoms with Crippen LogP contribution in [0.2, 0.25) is 0 Å². The highest BCUT2D eigenvalue weighted by Crippen LogP contribution is 2.36. The molecule has 0 radical (unpaired) electrons. The summed E-state index contributed by atoms with van der Waals surface area (Å²) in [7, 11) is 0. The molecule has 0 aliphatic heterocycles. The second-order valence-electron chi connectivity index (χ2n) is 4.71. The predicted octanol–water partition coefficient (Wildman–Crippen LogP) is 2.75. The highest BCUT2D eigenvalue weighted by Gasteiger charge is 2.37. The maximum atomic E-state index is 11.9. The Labute approximate surface area is 99.8 Å². The third-order valence-electron chi connectivity index (χ3n) is 3.10. The predicted molar refractivity (Wildman–Crippen MR) is 62.4 cm³/mol. The van der Waals surface area contributed by atoms with Gasteiger partial charge in [-0.1, -0.05) is 12.1 Å². The van der Waals surface area contributed by atoms with Crippen molar-refractivity contribution in [3.63, 3.8) is 0 Å². The number of alkyl halides is 2. The van der Waals surface area contributed by atoms with Gasteiger partial charge >= 0.3 is 0 Å². The van der Waals surface area contributed by atoms with Gasteiger partial charge in [-0.15, -0.1) is 0 Å². The molecule has 2 rings (SSSR count). The molecule has 1 aliphatic carbocycles. The van der Waals surface area contributed by atoms with E-state index in [-0.39, 0.29) is 5.54 Å². The molecule has 0 saturated heterocycles. The van der Waals surface area contributed by atoms with E-state index in [0.29, 0.717) is 5.75 Å². The zero-order valence-electron chi connectivity index (χ0n) is 9.66. The quantitative estimate of drug-likeness (QED) is 0.831. The summed E-state index contributed by atoms with van der Waals surface area (Å²) in [5.41, 5.74) is 7.23. The maximum Gasteiger partial charge on any atom is 0.272 e. The number of nitrogens with two attached hydrogens (primary N) is 1. The minimum atomic E-state index is -2.43. The van der Waals surface area contributed by atoms with Gasteiger partial charge in [0.1, 0.15) is 12.4 Å². The summed E-state index contributed by atoms with van der Waals surface area (Å²) in [6.07, 6.45) is 1.72. The van der Waals surface area contributed by atoms with E-state index in [1.165, 1.54) is 5.56 Å². The Morgan fingerprint density at radius 2 is 1.88 bits per heavy atom. The van der Waals surface area contributed by atoms with E-state index >= 15 is 0 Å². The first-order valence-corrected chi connectivity index (χ1v) is 5.86. The van der Waals surface area contributed by atoms with Crippen LogP contribution in [0.15, 0.2) is 24.3 Å². The maximum absolute atomic E-state index is 11.9. The van der Waals surface area contributed by atoms with Gasteiger partial charge in [0.05, 0.1) is 0 Å². The van der Waals surface area contributed by atoms with Gasteiger partial charge < -0.3 is 10.5 Å². The van der Waals surface area contributed by atoms with Crippen molar-refractivity contribution < 1.29 is 13.5 Å². The number of aryl methyl sites for hydroxylation is 1. The molecule has 0 heterocycles. The van der Waals surface area contributed by atoms with Crippen LogP contribution in [0.4, 0.5) is 8.78 Å². The fourth-order valence-electron chi connectivity index (χ4n) is 1.72. The Bertz CT molecular complexity index is 360. The SMILES string of the molecule is NC1(CCc2ccc(OCC(F)F)cc2)CC1. The van der Waals surface area contributed by atoms with Crippen LogP contribution in [0, 0.1) is 0 Å². The van der Waals surface area contributed by atoms with E-state index in [9.17, 15) is 8.78 Å². The van der Waals surface area contributed by atoms with E-state index in [2.05, 4.69) is 0 Å². The van der Waals surface area contributed by atoms with E-state index in [1.807, 2.05) is 12.1 Å². The topological polar surface area (TPSA) is 35.2 Å². The molecule has 0 atom stereocenters. The zero-order valence-corrected chi connectivity index (χ0v) is 9.66. The first kappa shape index (κ1) is 12.3. The molecule has 0 spiro atoms. The summed E-state index contributed by atoms with van der Waals surface area (Å²) in [4.78, 5) is 0. The Morgan fingerprint density at radius 3 is 2.41 bits per heavy atom. The second kappa shape index (κ2) is 5.00. The largest absolute Gasteiger partial charge is 0.488 e. The number of ether oxygens (including phenoxy) is 1. The minimum absolute atomic E-state index is 0.0604. The van der Waals surface area contributed by atoms with Gasteiger partial charge in [-0.2, -0.15) is 0 Å². The normalized spacial score (nSPS) is 17.2. The molecular formula is C13H17F2NO. The van der Waals surface area contributed by atoms with Crippen LogP contribution >= 0.6 is 0 Å². The lowest BCUT2D eigenvalue weighted by Crippen LogP contribution is -2.22. The van der Waals surface area contributed by atoms with Crippen LogP contribution in [0.25, 0.3) is 0 Å². The van der Waals surface area contributed by atoms with Crippen molar-refractivity contribution in [1.82, 2.24) is 0 Å². The van der Waals surface area contributed by atoms with Crippen molar-refractivity contribution in [1.29, 1.82) is 0 Å². The number of halogens is 2. The molecule has 2 N–H and O–H groups in total. The van der Waals surface area contributed by atoms with E-state index in [4.69, 9.17) is 10.5 Å². The number of hydrogen-bond donors (Lipinski definition) is 1. The van der Waals surface area contributed by atoms with Gasteiger partial charge in [-0.25, -0.2) is 8.78 Å². The van der Waals surface area contributed by atoms with Crippen LogP contribution in [-0.2, 0) is 6.42 Å². The summed E-state index contributed by atoms with van der Waals surface area (Å²) in [5.74, 6) is 0.489. The van der Waals surface area contributed by atoms with Crippen LogP contribution in [0.5, 0.6) is 5.75 Å². The van der Waals surface area contributed by atoms with E-state index < -0.39 is 13.0 Å². The van der Waals surface area contributed by atoms with Crippen molar-refractivity contribution >= 4 is 0 Å². The van der Waals surface area contributed by atoms with Crippen LogP contribution in [0.3, 0.4) is 0 Å². The molecule has 94 valence electrons. The lowest BCUT2D eigenvalue weighted by Gasteiger charge is -2.09. The third kappa shape index (κ3) is 3.97. The number of hydrogen-bond acceptors (Lipinski definition) is 2. The smallest absolute Gasteiger partial charge is 0.272 e. The highest BCUT2D eigenvalue weighted by molar-refractivity contribution is 5.27. The molecule has 1 aliphatic rings. The van der Waals surface area contributed by atoms with Gasteiger partial charge in [0.15, 0.2) is 0 Å². The summed E-state index contributed by atoms with van der Waals surface area (Å²) in [6.45, 7) is -0.550. The molecule has 0 unspecified atom stereocenters. The van der Waals surface area contributed by atoms with Gasteiger partial charge in [0.2, 0.25) is 0 Å². The fourth-order valence-corrected chi connectivity index (χ4v) is 1.72. The number of benzene rings is 1. The first-order chi connectivity index (χ1) is 8.07. The summed E-state index contributed by atoms with van der Waals surface area (Å²) >= 11 is 0. The second-order valence-corrected chi connectivity index (χ2v) is 4.71. The lowest BCUT2D eigenvalue weighted by molar-refractivity contribution is 0.0819. The van der Waals surface area contributed by atoms with Crippen LogP contribution in [-0.4, -0.2) is 18.6 Å². The molecule has 2 nitrogen and oxygen atoms in total. The average molecular weight is 241 g/mol. The highest BCUT2D eigenvalue weighted by atomic mass is 19.3. The van der Waals surface area contributed by atoms with Crippen LogP contribution < -0.4 is 10.5 Å². The van der Waals surface area contributed by atoms with E-state index in [1.54, 1.807) is 12.1 Å². The Morgan fingerprint density at radius 1 is 1.24 bits per heavy atom. The van der Waals surface area contributed by atoms with Crippen molar-refractivity contribution in [2.24, 2.45) is 5.73 Å². The van der Waals surface area contributed by atoms with Gasteiger partial charge in [0.25, 0.3) is 6.43 Å². The molecule has 0 bridgehead atoms.